The molecule has 0 aliphatic carbocycles. The Morgan fingerprint density at radius 2 is 1.78 bits per heavy atom. The van der Waals surface area contributed by atoms with Crippen LogP contribution in [0.25, 0.3) is 0 Å². The molecule has 2 atom stereocenters. The van der Waals surface area contributed by atoms with Crippen molar-refractivity contribution in [3.8, 4) is 0 Å². The van der Waals surface area contributed by atoms with Gasteiger partial charge in [0.05, 0.1) is 6.42 Å². The van der Waals surface area contributed by atoms with Crippen LogP contribution >= 0.6 is 0 Å². The van der Waals surface area contributed by atoms with Crippen molar-refractivity contribution in [1.29, 1.82) is 0 Å². The number of carbonyl (C=O) groups is 4. The Morgan fingerprint density at radius 1 is 1.17 bits per heavy atom. The number of aldehydes is 1. The van der Waals surface area contributed by atoms with Gasteiger partial charge in [0, 0.05) is 12.8 Å². The minimum atomic E-state index is -2.49. The summed E-state index contributed by atoms with van der Waals surface area (Å²) in [5, 5.41) is 30.0. The van der Waals surface area contributed by atoms with E-state index in [0.29, 0.717) is 5.56 Å². The van der Waals surface area contributed by atoms with Crippen LogP contribution in [0.15, 0.2) is 30.3 Å². The van der Waals surface area contributed by atoms with E-state index in [1.54, 1.807) is 30.3 Å². The number of carboxylic acid groups (broad SMARTS) is 2. The summed E-state index contributed by atoms with van der Waals surface area (Å²) in [6.45, 7) is 0. The summed E-state index contributed by atoms with van der Waals surface area (Å²) < 4.78 is 0. The highest BCUT2D eigenvalue weighted by Crippen LogP contribution is 2.15. The molecule has 2 unspecified atom stereocenters. The number of benzene rings is 1. The van der Waals surface area contributed by atoms with Crippen LogP contribution in [0.2, 0.25) is 0 Å². The predicted molar refractivity (Wildman–Crippen MR) is 77.6 cm³/mol. The molecule has 0 radical (unpaired) electrons. The molecule has 23 heavy (non-hydrogen) atoms. The molecule has 1 aromatic carbocycles. The van der Waals surface area contributed by atoms with Crippen molar-refractivity contribution in [2.24, 2.45) is 0 Å². The van der Waals surface area contributed by atoms with Crippen LogP contribution < -0.4 is 5.32 Å². The molecular weight excluding hydrogens is 306 g/mol. The molecule has 0 saturated carbocycles. The molecule has 8 nitrogen and oxygen atoms in total. The van der Waals surface area contributed by atoms with Gasteiger partial charge >= 0.3 is 11.9 Å². The normalized spacial score (nSPS) is 14.3. The fourth-order valence-corrected chi connectivity index (χ4v) is 1.98. The lowest BCUT2D eigenvalue weighted by atomic mass is 9.94. The topological polar surface area (TPSA) is 141 Å². The molecule has 0 bridgehead atoms. The summed E-state index contributed by atoms with van der Waals surface area (Å²) in [6.07, 6.45) is -1.60. The van der Waals surface area contributed by atoms with Crippen molar-refractivity contribution in [2.45, 2.75) is 30.9 Å². The van der Waals surface area contributed by atoms with E-state index in [1.807, 2.05) is 0 Å². The van der Waals surface area contributed by atoms with Crippen LogP contribution in [0.3, 0.4) is 0 Å². The van der Waals surface area contributed by atoms with Crippen LogP contribution in [0.5, 0.6) is 0 Å². The molecule has 4 N–H and O–H groups in total. The highest BCUT2D eigenvalue weighted by Gasteiger charge is 2.40. The van der Waals surface area contributed by atoms with Crippen molar-refractivity contribution >= 4 is 24.1 Å². The van der Waals surface area contributed by atoms with Crippen molar-refractivity contribution in [1.82, 2.24) is 5.32 Å². The van der Waals surface area contributed by atoms with Gasteiger partial charge in [0.2, 0.25) is 0 Å². The van der Waals surface area contributed by atoms with E-state index in [4.69, 9.17) is 5.11 Å². The average molecular weight is 323 g/mol. The predicted octanol–water partition coefficient (Wildman–Crippen LogP) is -0.407. The first-order valence-electron chi connectivity index (χ1n) is 6.74. The SMILES string of the molecule is O=CCC(O)(CC(=O)O)C(=O)NC(Cc1ccccc1)C(=O)O. The first-order valence-corrected chi connectivity index (χ1v) is 6.74. The quantitative estimate of drug-likeness (QED) is 0.453. The average Bonchev–Trinajstić information content (AvgIpc) is 2.46. The summed E-state index contributed by atoms with van der Waals surface area (Å²) in [6, 6.07) is 7.10. The van der Waals surface area contributed by atoms with Gasteiger partial charge in [-0.25, -0.2) is 4.79 Å². The van der Waals surface area contributed by atoms with E-state index in [2.05, 4.69) is 5.32 Å². The molecule has 0 fully saturated rings. The number of carbonyl (C=O) groups excluding carboxylic acids is 2. The van der Waals surface area contributed by atoms with Crippen LogP contribution in [-0.2, 0) is 25.6 Å². The van der Waals surface area contributed by atoms with Crippen molar-refractivity contribution in [3.63, 3.8) is 0 Å². The molecule has 0 saturated heterocycles. The molecule has 1 rings (SSSR count). The summed E-state index contributed by atoms with van der Waals surface area (Å²) in [4.78, 5) is 44.6. The van der Waals surface area contributed by atoms with Gasteiger partial charge in [-0.3, -0.25) is 9.59 Å². The van der Waals surface area contributed by atoms with Crippen LogP contribution in [0, 0.1) is 0 Å². The third kappa shape index (κ3) is 5.51. The second kappa shape index (κ2) is 8.04. The van der Waals surface area contributed by atoms with Crippen LogP contribution in [0.4, 0.5) is 0 Å². The number of rotatable bonds is 9. The summed E-state index contributed by atoms with van der Waals surface area (Å²) in [7, 11) is 0. The number of nitrogens with one attached hydrogen (secondary N) is 1. The Kier molecular flexibility index (Phi) is 6.40. The lowest BCUT2D eigenvalue weighted by Crippen LogP contribution is -2.54. The number of aliphatic hydroxyl groups is 1. The van der Waals surface area contributed by atoms with Gasteiger partial charge in [-0.15, -0.1) is 0 Å². The van der Waals surface area contributed by atoms with Gasteiger partial charge in [0.15, 0.2) is 5.60 Å². The van der Waals surface area contributed by atoms with Crippen LogP contribution in [0.1, 0.15) is 18.4 Å². The third-order valence-electron chi connectivity index (χ3n) is 3.17. The molecular formula is C15H17NO7. The number of aliphatic carboxylic acids is 2. The van der Waals surface area contributed by atoms with Crippen molar-refractivity contribution in [2.75, 3.05) is 0 Å². The Hall–Kier alpha value is -2.74. The van der Waals surface area contributed by atoms with E-state index in [9.17, 15) is 29.4 Å². The minimum Gasteiger partial charge on any atom is -0.481 e. The van der Waals surface area contributed by atoms with Gasteiger partial charge in [-0.1, -0.05) is 30.3 Å². The molecule has 1 amide bonds. The van der Waals surface area contributed by atoms with E-state index in [1.165, 1.54) is 0 Å². The maximum absolute atomic E-state index is 12.0. The maximum Gasteiger partial charge on any atom is 0.326 e. The maximum atomic E-state index is 12.0. The zero-order valence-corrected chi connectivity index (χ0v) is 12.1. The molecule has 0 aromatic heterocycles. The van der Waals surface area contributed by atoms with Gasteiger partial charge in [-0.05, 0) is 5.56 Å². The number of hydrogen-bond donors (Lipinski definition) is 4. The standard InChI is InChI=1S/C15H17NO7/c17-7-6-15(23,9-12(18)19)14(22)16-11(13(20)21)8-10-4-2-1-3-5-10/h1-5,7,11,23H,6,8-9H2,(H,16,22)(H,18,19)(H,20,21). The minimum absolute atomic E-state index is 0.0495. The summed E-state index contributed by atoms with van der Waals surface area (Å²) in [5.74, 6) is -4.04. The zero-order valence-electron chi connectivity index (χ0n) is 12.1. The molecule has 0 aliphatic rings. The Bertz CT molecular complexity index is 587. The molecule has 0 heterocycles. The third-order valence-corrected chi connectivity index (χ3v) is 3.17. The van der Waals surface area contributed by atoms with Crippen LogP contribution in [-0.4, -0.2) is 51.1 Å². The number of hydrogen-bond acceptors (Lipinski definition) is 5. The van der Waals surface area contributed by atoms with Crippen molar-refractivity contribution in [3.05, 3.63) is 35.9 Å². The van der Waals surface area contributed by atoms with E-state index < -0.39 is 42.3 Å². The van der Waals surface area contributed by atoms with Gasteiger partial charge in [-0.2, -0.15) is 0 Å². The smallest absolute Gasteiger partial charge is 0.326 e. The Morgan fingerprint density at radius 3 is 2.26 bits per heavy atom. The fraction of sp³-hybridized carbons (Fsp3) is 0.333. The highest BCUT2D eigenvalue weighted by atomic mass is 16.4. The van der Waals surface area contributed by atoms with Crippen molar-refractivity contribution < 1.29 is 34.5 Å². The zero-order chi connectivity index (χ0) is 17.5. The van der Waals surface area contributed by atoms with E-state index in [0.717, 1.165) is 0 Å². The summed E-state index contributed by atoms with van der Waals surface area (Å²) in [5.41, 5.74) is -1.85. The Balaban J connectivity index is 2.89. The lowest BCUT2D eigenvalue weighted by molar-refractivity contribution is -0.155. The first-order chi connectivity index (χ1) is 10.8. The number of amides is 1. The second-order valence-electron chi connectivity index (χ2n) is 5.03. The monoisotopic (exact) mass is 323 g/mol. The van der Waals surface area contributed by atoms with Gasteiger partial charge < -0.3 is 25.4 Å². The van der Waals surface area contributed by atoms with E-state index in [-0.39, 0.29) is 12.7 Å². The first kappa shape index (κ1) is 18.3. The fourth-order valence-electron chi connectivity index (χ4n) is 1.98. The molecule has 0 aliphatic heterocycles. The highest BCUT2D eigenvalue weighted by molar-refractivity contribution is 5.93. The lowest BCUT2D eigenvalue weighted by Gasteiger charge is -2.25. The summed E-state index contributed by atoms with van der Waals surface area (Å²) >= 11 is 0. The largest absolute Gasteiger partial charge is 0.481 e. The van der Waals surface area contributed by atoms with Gasteiger partial charge in [0.25, 0.3) is 5.91 Å². The Labute approximate surface area is 131 Å². The molecule has 124 valence electrons. The molecule has 8 heteroatoms. The molecule has 1 aromatic rings. The van der Waals surface area contributed by atoms with Gasteiger partial charge in [0.1, 0.15) is 12.3 Å². The molecule has 0 spiro atoms. The number of carboxylic acids is 2. The second-order valence-corrected chi connectivity index (χ2v) is 5.03. The van der Waals surface area contributed by atoms with E-state index >= 15 is 0 Å².